The fourth-order valence-corrected chi connectivity index (χ4v) is 2.43. The van der Waals surface area contributed by atoms with Crippen LogP contribution < -0.4 is 10.1 Å². The molecule has 0 radical (unpaired) electrons. The lowest BCUT2D eigenvalue weighted by molar-refractivity contribution is -0.131. The summed E-state index contributed by atoms with van der Waals surface area (Å²) >= 11 is 0. The van der Waals surface area contributed by atoms with E-state index in [1.807, 2.05) is 0 Å². The molecule has 1 aromatic carbocycles. The minimum Gasteiger partial charge on any atom is -0.497 e. The number of pyridine rings is 1. The summed E-state index contributed by atoms with van der Waals surface area (Å²) in [6.45, 7) is 1.65. The topological polar surface area (TPSA) is 83.9 Å². The average Bonchev–Trinajstić information content (AvgIpc) is 2.84. The number of rotatable bonds is 4. The second-order valence-corrected chi connectivity index (χ2v) is 5.43. The normalized spacial score (nSPS) is 20.5. The van der Waals surface area contributed by atoms with Gasteiger partial charge < -0.3 is 10.1 Å². The number of hydrogen-bond donors (Lipinski definition) is 1. The van der Waals surface area contributed by atoms with Crippen molar-refractivity contribution in [1.29, 1.82) is 0 Å². The zero-order valence-corrected chi connectivity index (χ0v) is 13.3. The molecule has 122 valence electrons. The van der Waals surface area contributed by atoms with Gasteiger partial charge in [0.2, 0.25) is 0 Å². The zero-order chi connectivity index (χ0) is 17.2. The summed E-state index contributed by atoms with van der Waals surface area (Å²) in [4.78, 5) is 28.8. The van der Waals surface area contributed by atoms with Gasteiger partial charge in [-0.05, 0) is 30.7 Å². The maximum Gasteiger partial charge on any atom is 0.346 e. The summed E-state index contributed by atoms with van der Waals surface area (Å²) in [6.07, 6.45) is 4.64. The molecule has 0 aliphatic carbocycles. The number of nitrogens with zero attached hydrogens (tertiary/aromatic N) is 3. The van der Waals surface area contributed by atoms with Crippen LogP contribution in [0.25, 0.3) is 0 Å². The number of amides is 3. The van der Waals surface area contributed by atoms with Crippen LogP contribution in [0.1, 0.15) is 18.1 Å². The Morgan fingerprint density at radius 1 is 1.25 bits per heavy atom. The van der Waals surface area contributed by atoms with Crippen molar-refractivity contribution in [2.24, 2.45) is 5.10 Å². The van der Waals surface area contributed by atoms with Gasteiger partial charge in [0.05, 0.1) is 13.3 Å². The zero-order valence-electron chi connectivity index (χ0n) is 13.3. The molecule has 0 unspecified atom stereocenters. The van der Waals surface area contributed by atoms with Crippen LogP contribution >= 0.6 is 0 Å². The van der Waals surface area contributed by atoms with E-state index >= 15 is 0 Å². The van der Waals surface area contributed by atoms with Crippen LogP contribution in [0.2, 0.25) is 0 Å². The second-order valence-electron chi connectivity index (χ2n) is 5.43. The van der Waals surface area contributed by atoms with Gasteiger partial charge in [-0.15, -0.1) is 5.01 Å². The van der Waals surface area contributed by atoms with Crippen molar-refractivity contribution in [2.75, 3.05) is 7.11 Å². The van der Waals surface area contributed by atoms with Gasteiger partial charge in [-0.3, -0.25) is 9.78 Å². The van der Waals surface area contributed by atoms with E-state index in [1.54, 1.807) is 62.8 Å². The van der Waals surface area contributed by atoms with Gasteiger partial charge in [-0.1, -0.05) is 18.2 Å². The van der Waals surface area contributed by atoms with Crippen molar-refractivity contribution < 1.29 is 14.3 Å². The van der Waals surface area contributed by atoms with E-state index in [4.69, 9.17) is 4.74 Å². The first-order valence-electron chi connectivity index (χ1n) is 7.30. The lowest BCUT2D eigenvalue weighted by Crippen LogP contribution is -2.40. The molecule has 3 amide bonds. The highest BCUT2D eigenvalue weighted by atomic mass is 16.5. The van der Waals surface area contributed by atoms with Gasteiger partial charge in [0.1, 0.15) is 11.3 Å². The van der Waals surface area contributed by atoms with E-state index in [-0.39, 0.29) is 0 Å². The summed E-state index contributed by atoms with van der Waals surface area (Å²) < 4.78 is 5.11. The lowest BCUT2D eigenvalue weighted by atomic mass is 9.92. The smallest absolute Gasteiger partial charge is 0.346 e. The van der Waals surface area contributed by atoms with Crippen LogP contribution in [0.5, 0.6) is 5.75 Å². The molecule has 1 atom stereocenters. The van der Waals surface area contributed by atoms with E-state index in [1.165, 1.54) is 6.21 Å². The highest BCUT2D eigenvalue weighted by molar-refractivity contribution is 6.07. The molecule has 24 heavy (non-hydrogen) atoms. The first-order valence-corrected chi connectivity index (χ1v) is 7.30. The van der Waals surface area contributed by atoms with Gasteiger partial charge in [-0.2, -0.15) is 5.10 Å². The summed E-state index contributed by atoms with van der Waals surface area (Å²) in [5.74, 6) is 0.225. The molecule has 1 N–H and O–H groups in total. The predicted octanol–water partition coefficient (Wildman–Crippen LogP) is 1.89. The van der Waals surface area contributed by atoms with Crippen molar-refractivity contribution in [1.82, 2.24) is 15.3 Å². The highest BCUT2D eigenvalue weighted by Gasteiger charge is 2.49. The Bertz CT molecular complexity index is 789. The Kier molecular flexibility index (Phi) is 3.99. The number of benzene rings is 1. The van der Waals surface area contributed by atoms with Crippen molar-refractivity contribution in [3.63, 3.8) is 0 Å². The minimum atomic E-state index is -1.17. The molecule has 1 fully saturated rings. The molecule has 7 heteroatoms. The number of hydrogen-bond acceptors (Lipinski definition) is 5. The summed E-state index contributed by atoms with van der Waals surface area (Å²) in [7, 11) is 1.56. The Morgan fingerprint density at radius 2 is 2.00 bits per heavy atom. The fourth-order valence-electron chi connectivity index (χ4n) is 2.43. The standard InChI is InChI=1S/C17H16N4O3/c1-17(13-5-7-14(24-2)8-6-13)15(22)21(16(23)20-17)19-11-12-4-3-9-18-10-12/h3-11H,1-2H3,(H,20,23)/b19-11-/t17-/m0/s1. The van der Waals surface area contributed by atoms with E-state index < -0.39 is 17.5 Å². The average molecular weight is 324 g/mol. The first kappa shape index (κ1) is 15.7. The Hall–Kier alpha value is -3.22. The summed E-state index contributed by atoms with van der Waals surface area (Å²) in [6, 6.07) is 9.91. The molecular formula is C17H16N4O3. The number of carbonyl (C=O) groups is 2. The first-order chi connectivity index (χ1) is 11.5. The van der Waals surface area contributed by atoms with Gasteiger partial charge in [0, 0.05) is 18.0 Å². The van der Waals surface area contributed by atoms with Crippen LogP contribution in [-0.4, -0.2) is 35.3 Å². The quantitative estimate of drug-likeness (QED) is 0.687. The number of urea groups is 1. The van der Waals surface area contributed by atoms with Gasteiger partial charge in [0.25, 0.3) is 5.91 Å². The molecule has 1 aliphatic rings. The van der Waals surface area contributed by atoms with Gasteiger partial charge in [-0.25, -0.2) is 4.79 Å². The van der Waals surface area contributed by atoms with Crippen molar-refractivity contribution >= 4 is 18.2 Å². The molecule has 2 heterocycles. The molecular weight excluding hydrogens is 308 g/mol. The second kappa shape index (κ2) is 6.11. The van der Waals surface area contributed by atoms with Gasteiger partial charge >= 0.3 is 6.03 Å². The Balaban J connectivity index is 1.86. The molecule has 7 nitrogen and oxygen atoms in total. The van der Waals surface area contributed by atoms with Gasteiger partial charge in [0.15, 0.2) is 0 Å². The number of carbonyl (C=O) groups excluding carboxylic acids is 2. The SMILES string of the molecule is COc1ccc([C@]2(C)NC(=O)N(/N=C\c3cccnc3)C2=O)cc1. The molecule has 2 aromatic rings. The Labute approximate surface area is 139 Å². The van der Waals surface area contributed by atoms with E-state index in [9.17, 15) is 9.59 Å². The third-order valence-corrected chi connectivity index (χ3v) is 3.84. The van der Waals surface area contributed by atoms with Crippen LogP contribution in [0.3, 0.4) is 0 Å². The monoisotopic (exact) mass is 324 g/mol. The number of nitrogens with one attached hydrogen (secondary N) is 1. The molecule has 1 aromatic heterocycles. The molecule has 0 bridgehead atoms. The maximum absolute atomic E-state index is 12.7. The van der Waals surface area contributed by atoms with Crippen molar-refractivity contribution in [2.45, 2.75) is 12.5 Å². The molecule has 1 aliphatic heterocycles. The van der Waals surface area contributed by atoms with Crippen LogP contribution in [0, 0.1) is 0 Å². The largest absolute Gasteiger partial charge is 0.497 e. The summed E-state index contributed by atoms with van der Waals surface area (Å²) in [5, 5.41) is 7.51. The van der Waals surface area contributed by atoms with Crippen molar-refractivity contribution in [3.8, 4) is 5.75 Å². The number of aromatic nitrogens is 1. The third-order valence-electron chi connectivity index (χ3n) is 3.84. The molecule has 3 rings (SSSR count). The predicted molar refractivity (Wildman–Crippen MR) is 87.6 cm³/mol. The number of hydrazone groups is 1. The molecule has 0 spiro atoms. The van der Waals surface area contributed by atoms with E-state index in [0.29, 0.717) is 16.9 Å². The Morgan fingerprint density at radius 3 is 2.62 bits per heavy atom. The lowest BCUT2D eigenvalue weighted by Gasteiger charge is -2.21. The van der Waals surface area contributed by atoms with E-state index in [0.717, 1.165) is 5.01 Å². The van der Waals surface area contributed by atoms with Crippen LogP contribution in [0.4, 0.5) is 4.79 Å². The third kappa shape index (κ3) is 2.71. The number of ether oxygens (including phenoxy) is 1. The van der Waals surface area contributed by atoms with E-state index in [2.05, 4.69) is 15.4 Å². The highest BCUT2D eigenvalue weighted by Crippen LogP contribution is 2.30. The number of imide groups is 1. The fraction of sp³-hybridized carbons (Fsp3) is 0.176. The molecule has 0 saturated carbocycles. The summed E-state index contributed by atoms with van der Waals surface area (Å²) in [5.41, 5.74) is 0.173. The van der Waals surface area contributed by atoms with Crippen LogP contribution in [0.15, 0.2) is 53.9 Å². The molecule has 1 saturated heterocycles. The minimum absolute atomic E-state index is 0.446. The maximum atomic E-state index is 12.7. The van der Waals surface area contributed by atoms with Crippen molar-refractivity contribution in [3.05, 3.63) is 59.9 Å². The number of methoxy groups -OCH3 is 1. The van der Waals surface area contributed by atoms with Crippen LogP contribution in [-0.2, 0) is 10.3 Å².